The summed E-state index contributed by atoms with van der Waals surface area (Å²) in [7, 11) is 1.46. The Labute approximate surface area is 155 Å². The quantitative estimate of drug-likeness (QED) is 0.720. The second kappa shape index (κ2) is 7.69. The van der Waals surface area contributed by atoms with Gasteiger partial charge < -0.3 is 14.6 Å². The topological polar surface area (TPSA) is 69.0 Å². The maximum absolute atomic E-state index is 13.6. The van der Waals surface area contributed by atoms with Crippen LogP contribution in [0.5, 0.6) is 5.88 Å². The van der Waals surface area contributed by atoms with Gasteiger partial charge in [0.05, 0.1) is 30.9 Å². The molecule has 0 unspecified atom stereocenters. The molecule has 27 heavy (non-hydrogen) atoms. The Balaban J connectivity index is 2.04. The highest BCUT2D eigenvalue weighted by Crippen LogP contribution is 2.24. The number of alkyl halides is 1. The molecule has 3 aromatic heterocycles. The molecule has 3 aromatic rings. The number of rotatable bonds is 6. The summed E-state index contributed by atoms with van der Waals surface area (Å²) >= 11 is 0. The molecule has 142 valence electrons. The lowest BCUT2D eigenvalue weighted by Crippen LogP contribution is -2.28. The van der Waals surface area contributed by atoms with E-state index in [-0.39, 0.29) is 13.1 Å². The number of aryl methyl sites for hydroxylation is 1. The van der Waals surface area contributed by atoms with Gasteiger partial charge in [-0.05, 0) is 31.5 Å². The van der Waals surface area contributed by atoms with Crippen LogP contribution in [0.3, 0.4) is 0 Å². The van der Waals surface area contributed by atoms with Crippen molar-refractivity contribution in [2.24, 2.45) is 0 Å². The number of pyridine rings is 2. The van der Waals surface area contributed by atoms with Crippen molar-refractivity contribution >= 4 is 16.9 Å². The monoisotopic (exact) mass is 374 g/mol. The van der Waals surface area contributed by atoms with Gasteiger partial charge >= 0.3 is 0 Å². The number of hydrogen-bond donors (Lipinski definition) is 1. The van der Waals surface area contributed by atoms with Crippen molar-refractivity contribution in [1.82, 2.24) is 19.9 Å². The number of nitrogens with zero attached hydrogens (tertiary/aromatic N) is 3. The maximum Gasteiger partial charge on any atom is 0.255 e. The van der Waals surface area contributed by atoms with E-state index in [1.165, 1.54) is 20.1 Å². The Morgan fingerprint density at radius 3 is 2.81 bits per heavy atom. The normalized spacial score (nSPS) is 12.2. The summed E-state index contributed by atoms with van der Waals surface area (Å²) in [6, 6.07) is 3.22. The van der Waals surface area contributed by atoms with E-state index in [0.29, 0.717) is 28.0 Å². The van der Waals surface area contributed by atoms with Gasteiger partial charge in [-0.3, -0.25) is 9.78 Å². The summed E-state index contributed by atoms with van der Waals surface area (Å²) in [5.74, 6) is -0.591. The molecule has 1 amide bonds. The number of carbonyl (C=O) groups excluding carboxylic acids is 1. The average Bonchev–Trinajstić information content (AvgIpc) is 2.97. The molecule has 0 aromatic carbocycles. The van der Waals surface area contributed by atoms with Gasteiger partial charge in [-0.1, -0.05) is 0 Å². The molecule has 3 heterocycles. The molecule has 0 bridgehead atoms. The molecule has 0 fully saturated rings. The number of aromatic nitrogens is 3. The van der Waals surface area contributed by atoms with Gasteiger partial charge in [0.15, 0.2) is 0 Å². The number of ether oxygens (including phenoxy) is 1. The minimum Gasteiger partial charge on any atom is -0.481 e. The zero-order valence-corrected chi connectivity index (χ0v) is 15.3. The maximum atomic E-state index is 13.6. The fourth-order valence-corrected chi connectivity index (χ4v) is 2.84. The number of halogens is 2. The van der Waals surface area contributed by atoms with Crippen LogP contribution in [0.15, 0.2) is 30.7 Å². The van der Waals surface area contributed by atoms with Crippen molar-refractivity contribution in [2.45, 2.75) is 26.6 Å². The third-order valence-corrected chi connectivity index (χ3v) is 4.07. The third-order valence-electron chi connectivity index (χ3n) is 4.07. The molecular weight excluding hydrogens is 354 g/mol. The van der Waals surface area contributed by atoms with E-state index in [0.717, 1.165) is 11.8 Å². The molecule has 8 heteroatoms. The highest BCUT2D eigenvalue weighted by molar-refractivity contribution is 6.05. The molecule has 0 aliphatic rings. The summed E-state index contributed by atoms with van der Waals surface area (Å²) in [5.41, 5.74) is 2.97. The molecule has 0 radical (unpaired) electrons. The van der Waals surface area contributed by atoms with Crippen LogP contribution in [0.1, 0.15) is 28.4 Å². The van der Waals surface area contributed by atoms with Crippen molar-refractivity contribution < 1.29 is 18.3 Å². The largest absolute Gasteiger partial charge is 0.481 e. The predicted octanol–water partition coefficient (Wildman–Crippen LogP) is 3.02. The Kier molecular flexibility index (Phi) is 5.34. The number of carbonyl (C=O) groups is 1. The fraction of sp³-hybridized carbons (Fsp3) is 0.316. The predicted molar refractivity (Wildman–Crippen MR) is 97.2 cm³/mol. The lowest BCUT2D eigenvalue weighted by molar-refractivity contribution is 0.0945. The SMILES string of the molecule is COc1ncc(F)cc1Cn1cc(C(=O)NC[C@H](C)F)c2ncc(C)cc21. The molecule has 1 N–H and O–H groups in total. The van der Waals surface area contributed by atoms with Crippen LogP contribution in [0, 0.1) is 12.7 Å². The molecule has 0 aliphatic carbocycles. The van der Waals surface area contributed by atoms with Crippen LogP contribution in [0.25, 0.3) is 11.0 Å². The minimum atomic E-state index is -1.15. The van der Waals surface area contributed by atoms with Gasteiger partial charge in [0.25, 0.3) is 5.91 Å². The molecule has 0 saturated carbocycles. The summed E-state index contributed by atoms with van der Waals surface area (Å²) in [4.78, 5) is 20.8. The lowest BCUT2D eigenvalue weighted by Gasteiger charge is -2.09. The Morgan fingerprint density at radius 1 is 1.33 bits per heavy atom. The molecular formula is C19H20F2N4O2. The van der Waals surface area contributed by atoms with Gasteiger partial charge in [0.2, 0.25) is 5.88 Å². The van der Waals surface area contributed by atoms with E-state index in [9.17, 15) is 13.6 Å². The van der Waals surface area contributed by atoms with Crippen molar-refractivity contribution in [3.63, 3.8) is 0 Å². The van der Waals surface area contributed by atoms with Crippen LogP contribution in [0.4, 0.5) is 8.78 Å². The molecule has 0 aliphatic heterocycles. The van der Waals surface area contributed by atoms with E-state index in [1.54, 1.807) is 17.0 Å². The average molecular weight is 374 g/mol. The van der Waals surface area contributed by atoms with Crippen molar-refractivity contribution in [1.29, 1.82) is 0 Å². The molecule has 3 rings (SSSR count). The number of nitrogens with one attached hydrogen (secondary N) is 1. The van der Waals surface area contributed by atoms with Gasteiger partial charge in [0, 0.05) is 24.5 Å². The number of fused-ring (bicyclic) bond motifs is 1. The summed E-state index contributed by atoms with van der Waals surface area (Å²) in [5, 5.41) is 2.55. The van der Waals surface area contributed by atoms with Crippen LogP contribution < -0.4 is 10.1 Å². The Hall–Kier alpha value is -3.03. The van der Waals surface area contributed by atoms with Crippen LogP contribution in [-0.4, -0.2) is 40.3 Å². The van der Waals surface area contributed by atoms with E-state index < -0.39 is 17.9 Å². The molecule has 0 spiro atoms. The van der Waals surface area contributed by atoms with E-state index in [2.05, 4.69) is 15.3 Å². The zero-order chi connectivity index (χ0) is 19.6. The second-order valence-corrected chi connectivity index (χ2v) is 6.36. The highest BCUT2D eigenvalue weighted by atomic mass is 19.1. The summed E-state index contributed by atoms with van der Waals surface area (Å²) in [6.07, 6.45) is 3.21. The van der Waals surface area contributed by atoms with Gasteiger partial charge in [0.1, 0.15) is 17.5 Å². The van der Waals surface area contributed by atoms with Crippen LogP contribution in [-0.2, 0) is 6.54 Å². The number of amides is 1. The van der Waals surface area contributed by atoms with Gasteiger partial charge in [-0.2, -0.15) is 0 Å². The standard InChI is InChI=1S/C19H20F2N4O2/c1-11-4-16-17(22-6-11)15(18(26)23-7-12(2)20)10-25(16)9-13-5-14(21)8-24-19(13)27-3/h4-6,8,10,12H,7,9H2,1-3H3,(H,23,26)/t12-/m0/s1. The first kappa shape index (κ1) is 18.8. The lowest BCUT2D eigenvalue weighted by atomic mass is 10.2. The zero-order valence-electron chi connectivity index (χ0n) is 15.3. The molecule has 6 nitrogen and oxygen atoms in total. The smallest absolute Gasteiger partial charge is 0.255 e. The highest BCUT2D eigenvalue weighted by Gasteiger charge is 2.18. The summed E-state index contributed by atoms with van der Waals surface area (Å²) in [6.45, 7) is 3.41. The number of hydrogen-bond acceptors (Lipinski definition) is 4. The van der Waals surface area contributed by atoms with Gasteiger partial charge in [-0.25, -0.2) is 13.8 Å². The fourth-order valence-electron chi connectivity index (χ4n) is 2.84. The Morgan fingerprint density at radius 2 is 2.11 bits per heavy atom. The van der Waals surface area contributed by atoms with Crippen molar-refractivity contribution in [3.05, 3.63) is 53.2 Å². The molecule has 1 atom stereocenters. The van der Waals surface area contributed by atoms with Crippen LogP contribution >= 0.6 is 0 Å². The van der Waals surface area contributed by atoms with Crippen molar-refractivity contribution in [2.75, 3.05) is 13.7 Å². The van der Waals surface area contributed by atoms with E-state index in [1.807, 2.05) is 13.0 Å². The Bertz CT molecular complexity index is 985. The first-order valence-electron chi connectivity index (χ1n) is 8.45. The van der Waals surface area contributed by atoms with Crippen LogP contribution in [0.2, 0.25) is 0 Å². The number of methoxy groups -OCH3 is 1. The van der Waals surface area contributed by atoms with Crippen molar-refractivity contribution in [3.8, 4) is 5.88 Å². The first-order chi connectivity index (χ1) is 12.9. The van der Waals surface area contributed by atoms with E-state index >= 15 is 0 Å². The van der Waals surface area contributed by atoms with Gasteiger partial charge in [-0.15, -0.1) is 0 Å². The summed E-state index contributed by atoms with van der Waals surface area (Å²) < 4.78 is 33.7. The second-order valence-electron chi connectivity index (χ2n) is 6.36. The van der Waals surface area contributed by atoms with E-state index in [4.69, 9.17) is 4.74 Å². The molecule has 0 saturated heterocycles. The minimum absolute atomic E-state index is 0.0843. The third kappa shape index (κ3) is 4.05. The first-order valence-corrected chi connectivity index (χ1v) is 8.45.